The molecule has 5 nitrogen and oxygen atoms in total. The molecule has 0 aromatic heterocycles. The Balaban J connectivity index is 1.62. The van der Waals surface area contributed by atoms with Gasteiger partial charge in [0.2, 0.25) is 11.8 Å². The first-order chi connectivity index (χ1) is 13.7. The molecule has 0 saturated carbocycles. The Bertz CT molecular complexity index is 774. The Labute approximate surface area is 166 Å². The zero-order chi connectivity index (χ0) is 19.8. The molecule has 1 saturated heterocycles. The van der Waals surface area contributed by atoms with E-state index in [1.165, 1.54) is 0 Å². The zero-order valence-corrected chi connectivity index (χ0v) is 16.4. The second-order valence-corrected chi connectivity index (χ2v) is 7.16. The molecule has 1 aliphatic heterocycles. The number of amides is 2. The van der Waals surface area contributed by atoms with E-state index in [0.29, 0.717) is 0 Å². The van der Waals surface area contributed by atoms with Crippen LogP contribution >= 0.6 is 0 Å². The number of hydrogen-bond acceptors (Lipinski definition) is 3. The van der Waals surface area contributed by atoms with Gasteiger partial charge in [-0.25, -0.2) is 0 Å². The highest BCUT2D eigenvalue weighted by Crippen LogP contribution is 2.31. The Morgan fingerprint density at radius 3 is 2.50 bits per heavy atom. The van der Waals surface area contributed by atoms with Crippen LogP contribution < -0.4 is 10.1 Å². The summed E-state index contributed by atoms with van der Waals surface area (Å²) < 4.78 is 5.24. The molecule has 1 fully saturated rings. The molecule has 0 bridgehead atoms. The van der Waals surface area contributed by atoms with Gasteiger partial charge in [0.1, 0.15) is 5.75 Å². The second kappa shape index (κ2) is 9.93. The predicted octanol–water partition coefficient (Wildman–Crippen LogP) is 3.50. The molecule has 1 unspecified atom stereocenters. The number of nitrogens with zero attached hydrogens (tertiary/aromatic N) is 1. The SMILES string of the molecule is COc1ccc(C2CCCCCN2C(=O)CNC(=O)Cc2ccccc2)cc1. The van der Waals surface area contributed by atoms with Gasteiger partial charge in [-0.3, -0.25) is 9.59 Å². The Morgan fingerprint density at radius 2 is 1.79 bits per heavy atom. The summed E-state index contributed by atoms with van der Waals surface area (Å²) in [6.45, 7) is 0.766. The van der Waals surface area contributed by atoms with Crippen LogP contribution in [-0.4, -0.2) is 36.9 Å². The van der Waals surface area contributed by atoms with E-state index in [-0.39, 0.29) is 30.8 Å². The van der Waals surface area contributed by atoms with Gasteiger partial charge in [0.25, 0.3) is 0 Å². The lowest BCUT2D eigenvalue weighted by molar-refractivity contribution is -0.134. The van der Waals surface area contributed by atoms with E-state index < -0.39 is 0 Å². The molecular weight excluding hydrogens is 352 g/mol. The van der Waals surface area contributed by atoms with Crippen LogP contribution in [0.15, 0.2) is 54.6 Å². The van der Waals surface area contributed by atoms with Gasteiger partial charge in [0.05, 0.1) is 26.1 Å². The summed E-state index contributed by atoms with van der Waals surface area (Å²) in [6, 6.07) is 17.5. The van der Waals surface area contributed by atoms with E-state index >= 15 is 0 Å². The first-order valence-electron chi connectivity index (χ1n) is 9.91. The lowest BCUT2D eigenvalue weighted by atomic mass is 10.0. The van der Waals surface area contributed by atoms with Crippen LogP contribution in [0.5, 0.6) is 5.75 Å². The zero-order valence-electron chi connectivity index (χ0n) is 16.4. The molecule has 2 amide bonds. The molecule has 1 aliphatic rings. The molecule has 0 radical (unpaired) electrons. The topological polar surface area (TPSA) is 58.6 Å². The minimum absolute atomic E-state index is 0.0240. The molecule has 5 heteroatoms. The van der Waals surface area contributed by atoms with Crippen LogP contribution in [0.1, 0.15) is 42.9 Å². The quantitative estimate of drug-likeness (QED) is 0.834. The number of carbonyl (C=O) groups excluding carboxylic acids is 2. The van der Waals surface area contributed by atoms with Gasteiger partial charge in [-0.2, -0.15) is 0 Å². The molecule has 3 rings (SSSR count). The van der Waals surface area contributed by atoms with Crippen molar-refractivity contribution < 1.29 is 14.3 Å². The lowest BCUT2D eigenvalue weighted by Gasteiger charge is -2.30. The van der Waals surface area contributed by atoms with Gasteiger partial charge < -0.3 is 15.0 Å². The Hall–Kier alpha value is -2.82. The first kappa shape index (κ1) is 19.9. The summed E-state index contributed by atoms with van der Waals surface area (Å²) in [7, 11) is 1.65. The molecule has 1 atom stereocenters. The normalized spacial score (nSPS) is 16.9. The van der Waals surface area contributed by atoms with Gasteiger partial charge in [0.15, 0.2) is 0 Å². The molecule has 2 aromatic carbocycles. The highest BCUT2D eigenvalue weighted by Gasteiger charge is 2.26. The molecule has 28 heavy (non-hydrogen) atoms. The van der Waals surface area contributed by atoms with Crippen molar-refractivity contribution >= 4 is 11.8 Å². The maximum absolute atomic E-state index is 12.9. The van der Waals surface area contributed by atoms with Crippen LogP contribution in [0.4, 0.5) is 0 Å². The highest BCUT2D eigenvalue weighted by molar-refractivity contribution is 5.86. The van der Waals surface area contributed by atoms with E-state index in [4.69, 9.17) is 4.74 Å². The number of nitrogens with one attached hydrogen (secondary N) is 1. The smallest absolute Gasteiger partial charge is 0.242 e. The summed E-state index contributed by atoms with van der Waals surface area (Å²) >= 11 is 0. The van der Waals surface area contributed by atoms with Crippen molar-refractivity contribution in [1.29, 1.82) is 0 Å². The van der Waals surface area contributed by atoms with Crippen LogP contribution in [0.25, 0.3) is 0 Å². The number of carbonyl (C=O) groups is 2. The minimum atomic E-state index is -0.129. The molecule has 2 aromatic rings. The van der Waals surface area contributed by atoms with Crippen LogP contribution in [-0.2, 0) is 16.0 Å². The van der Waals surface area contributed by atoms with Crippen molar-refractivity contribution in [3.8, 4) is 5.75 Å². The highest BCUT2D eigenvalue weighted by atomic mass is 16.5. The third-order valence-electron chi connectivity index (χ3n) is 5.22. The Kier molecular flexibility index (Phi) is 7.06. The standard InChI is InChI=1S/C23H28N2O3/c1-28-20-13-11-19(12-14-20)21-10-6-3-7-15-25(21)23(27)17-24-22(26)16-18-8-4-2-5-9-18/h2,4-5,8-9,11-14,21H,3,6-7,10,15-17H2,1H3,(H,24,26). The summed E-state index contributed by atoms with van der Waals surface area (Å²) in [5, 5.41) is 2.79. The third-order valence-corrected chi connectivity index (χ3v) is 5.22. The monoisotopic (exact) mass is 380 g/mol. The third kappa shape index (κ3) is 5.35. The first-order valence-corrected chi connectivity index (χ1v) is 9.91. The van der Waals surface area contributed by atoms with Gasteiger partial charge in [0, 0.05) is 6.54 Å². The number of rotatable bonds is 6. The van der Waals surface area contributed by atoms with Crippen LogP contribution in [0, 0.1) is 0 Å². The number of methoxy groups -OCH3 is 1. The van der Waals surface area contributed by atoms with Crippen molar-refractivity contribution in [3.63, 3.8) is 0 Å². The fraction of sp³-hybridized carbons (Fsp3) is 0.391. The molecular formula is C23H28N2O3. The number of benzene rings is 2. The minimum Gasteiger partial charge on any atom is -0.497 e. The van der Waals surface area contributed by atoms with Crippen molar-refractivity contribution in [2.75, 3.05) is 20.2 Å². The van der Waals surface area contributed by atoms with Crippen molar-refractivity contribution in [2.45, 2.75) is 38.1 Å². The van der Waals surface area contributed by atoms with Crippen LogP contribution in [0.3, 0.4) is 0 Å². The van der Waals surface area contributed by atoms with E-state index in [9.17, 15) is 9.59 Å². The fourth-order valence-corrected chi connectivity index (χ4v) is 3.70. The fourth-order valence-electron chi connectivity index (χ4n) is 3.70. The van der Waals surface area contributed by atoms with Gasteiger partial charge in [-0.1, -0.05) is 55.3 Å². The molecule has 148 valence electrons. The molecule has 0 spiro atoms. The second-order valence-electron chi connectivity index (χ2n) is 7.16. The number of ether oxygens (including phenoxy) is 1. The number of likely N-dealkylation sites (tertiary alicyclic amines) is 1. The van der Waals surface area contributed by atoms with E-state index in [1.54, 1.807) is 7.11 Å². The van der Waals surface area contributed by atoms with E-state index in [0.717, 1.165) is 49.1 Å². The number of hydrogen-bond donors (Lipinski definition) is 1. The van der Waals surface area contributed by atoms with Crippen LogP contribution in [0.2, 0.25) is 0 Å². The van der Waals surface area contributed by atoms with E-state index in [2.05, 4.69) is 5.32 Å². The predicted molar refractivity (Wildman–Crippen MR) is 109 cm³/mol. The average molecular weight is 380 g/mol. The summed E-state index contributed by atoms with van der Waals surface area (Å²) in [6.07, 6.45) is 4.44. The molecule has 0 aliphatic carbocycles. The summed E-state index contributed by atoms with van der Waals surface area (Å²) in [5.41, 5.74) is 2.06. The van der Waals surface area contributed by atoms with E-state index in [1.807, 2.05) is 59.5 Å². The van der Waals surface area contributed by atoms with Crippen molar-refractivity contribution in [1.82, 2.24) is 10.2 Å². The van der Waals surface area contributed by atoms with Gasteiger partial charge in [-0.15, -0.1) is 0 Å². The lowest BCUT2D eigenvalue weighted by Crippen LogP contribution is -2.42. The molecule has 1 heterocycles. The van der Waals surface area contributed by atoms with Gasteiger partial charge in [-0.05, 0) is 36.1 Å². The summed E-state index contributed by atoms with van der Waals surface area (Å²) in [4.78, 5) is 27.0. The largest absolute Gasteiger partial charge is 0.497 e. The Morgan fingerprint density at radius 1 is 1.04 bits per heavy atom. The maximum atomic E-state index is 12.9. The van der Waals surface area contributed by atoms with Crippen molar-refractivity contribution in [2.24, 2.45) is 0 Å². The average Bonchev–Trinajstić information content (AvgIpc) is 2.99. The molecule has 1 N–H and O–H groups in total. The van der Waals surface area contributed by atoms with Gasteiger partial charge >= 0.3 is 0 Å². The summed E-state index contributed by atoms with van der Waals surface area (Å²) in [5.74, 6) is 0.655. The maximum Gasteiger partial charge on any atom is 0.242 e. The van der Waals surface area contributed by atoms with Crippen molar-refractivity contribution in [3.05, 3.63) is 65.7 Å².